The number of rotatable bonds is 3. The van der Waals surface area contributed by atoms with Gasteiger partial charge in [0, 0.05) is 6.42 Å². The van der Waals surface area contributed by atoms with E-state index in [-0.39, 0.29) is 30.7 Å². The number of hydrazine groups is 1. The molecule has 0 aliphatic carbocycles. The van der Waals surface area contributed by atoms with Gasteiger partial charge in [-0.15, -0.1) is 0 Å². The Bertz CT molecular complexity index is 447. The molecule has 2 rings (SSSR count). The van der Waals surface area contributed by atoms with Crippen LogP contribution in [0.4, 0.5) is 4.39 Å². The number of amides is 1. The topological polar surface area (TPSA) is 69.6 Å². The first-order chi connectivity index (χ1) is 8.06. The van der Waals surface area contributed by atoms with Crippen molar-refractivity contribution in [3.63, 3.8) is 0 Å². The van der Waals surface area contributed by atoms with Crippen LogP contribution in [-0.2, 0) is 9.59 Å². The maximum atomic E-state index is 12.7. The highest BCUT2D eigenvalue weighted by Crippen LogP contribution is 2.23. The van der Waals surface area contributed by atoms with Gasteiger partial charge in [0.15, 0.2) is 0 Å². The van der Waals surface area contributed by atoms with Crippen LogP contribution in [0.5, 0.6) is 0 Å². The van der Waals surface area contributed by atoms with Crippen LogP contribution in [0.25, 0.3) is 0 Å². The fraction of sp³-hybridized carbons (Fsp3) is 0.273. The standard InChI is InChI=1S/C11H11FN2O3/c12-8-3-1-7(2-4-8)9-5-10(15)14(13-9)6-11(16)17/h1-4,9,13H,5-6H2,(H,16,17). The van der Waals surface area contributed by atoms with Gasteiger partial charge in [-0.05, 0) is 17.7 Å². The first kappa shape index (κ1) is 11.5. The Morgan fingerprint density at radius 1 is 1.47 bits per heavy atom. The number of aliphatic carboxylic acids is 1. The zero-order valence-corrected chi connectivity index (χ0v) is 8.89. The summed E-state index contributed by atoms with van der Waals surface area (Å²) in [6.45, 7) is -0.378. The highest BCUT2D eigenvalue weighted by molar-refractivity contribution is 5.83. The second kappa shape index (κ2) is 4.50. The van der Waals surface area contributed by atoms with Gasteiger partial charge in [0.05, 0.1) is 6.04 Å². The van der Waals surface area contributed by atoms with Crippen molar-refractivity contribution in [3.8, 4) is 0 Å². The summed E-state index contributed by atoms with van der Waals surface area (Å²) in [5.41, 5.74) is 3.55. The molecule has 1 aliphatic rings. The maximum Gasteiger partial charge on any atom is 0.324 e. The molecule has 1 aliphatic heterocycles. The third-order valence-electron chi connectivity index (χ3n) is 2.56. The molecule has 1 aromatic carbocycles. The Morgan fingerprint density at radius 3 is 2.71 bits per heavy atom. The lowest BCUT2D eigenvalue weighted by atomic mass is 10.1. The van der Waals surface area contributed by atoms with Crippen molar-refractivity contribution in [1.29, 1.82) is 0 Å². The number of benzene rings is 1. The summed E-state index contributed by atoms with van der Waals surface area (Å²) in [6, 6.07) is 5.47. The van der Waals surface area contributed by atoms with E-state index in [1.165, 1.54) is 12.1 Å². The predicted octanol–water partition coefficient (Wildman–Crippen LogP) is 0.688. The van der Waals surface area contributed by atoms with Crippen LogP contribution in [-0.4, -0.2) is 28.5 Å². The summed E-state index contributed by atoms with van der Waals surface area (Å²) >= 11 is 0. The van der Waals surface area contributed by atoms with E-state index in [0.717, 1.165) is 10.6 Å². The quantitative estimate of drug-likeness (QED) is 0.812. The largest absolute Gasteiger partial charge is 0.480 e. The minimum atomic E-state index is -1.08. The number of carboxylic acids is 1. The summed E-state index contributed by atoms with van der Waals surface area (Å²) in [6.07, 6.45) is 0.179. The van der Waals surface area contributed by atoms with Gasteiger partial charge in [-0.3, -0.25) is 14.6 Å². The highest BCUT2D eigenvalue weighted by Gasteiger charge is 2.31. The van der Waals surface area contributed by atoms with Gasteiger partial charge < -0.3 is 5.11 Å². The van der Waals surface area contributed by atoms with Gasteiger partial charge in [-0.1, -0.05) is 12.1 Å². The van der Waals surface area contributed by atoms with E-state index in [2.05, 4.69) is 5.43 Å². The molecule has 0 bridgehead atoms. The van der Waals surface area contributed by atoms with E-state index in [9.17, 15) is 14.0 Å². The monoisotopic (exact) mass is 238 g/mol. The molecule has 90 valence electrons. The lowest BCUT2D eigenvalue weighted by molar-refractivity contribution is -0.144. The molecule has 1 saturated heterocycles. The van der Waals surface area contributed by atoms with Crippen molar-refractivity contribution in [1.82, 2.24) is 10.4 Å². The minimum absolute atomic E-state index is 0.179. The van der Waals surface area contributed by atoms with Crippen LogP contribution >= 0.6 is 0 Å². The van der Waals surface area contributed by atoms with E-state index in [1.54, 1.807) is 12.1 Å². The SMILES string of the molecule is O=C(O)CN1NC(c2ccc(F)cc2)CC1=O. The fourth-order valence-electron chi connectivity index (χ4n) is 1.75. The van der Waals surface area contributed by atoms with E-state index in [1.807, 2.05) is 0 Å². The van der Waals surface area contributed by atoms with E-state index >= 15 is 0 Å². The number of halogens is 1. The van der Waals surface area contributed by atoms with Crippen LogP contribution in [0, 0.1) is 5.82 Å². The molecule has 1 aromatic rings. The molecule has 0 spiro atoms. The average Bonchev–Trinajstić information content (AvgIpc) is 2.60. The van der Waals surface area contributed by atoms with Gasteiger partial charge in [0.1, 0.15) is 12.4 Å². The fourth-order valence-corrected chi connectivity index (χ4v) is 1.75. The zero-order valence-electron chi connectivity index (χ0n) is 8.89. The molecular formula is C11H11FN2O3. The molecule has 17 heavy (non-hydrogen) atoms. The summed E-state index contributed by atoms with van der Waals surface area (Å²) in [5, 5.41) is 9.67. The first-order valence-electron chi connectivity index (χ1n) is 5.10. The van der Waals surface area contributed by atoms with Crippen LogP contribution in [0.2, 0.25) is 0 Å². The minimum Gasteiger partial charge on any atom is -0.480 e. The summed E-state index contributed by atoms with van der Waals surface area (Å²) < 4.78 is 12.7. The van der Waals surface area contributed by atoms with Crippen LogP contribution < -0.4 is 5.43 Å². The molecule has 6 heteroatoms. The van der Waals surface area contributed by atoms with Gasteiger partial charge in [-0.25, -0.2) is 9.82 Å². The van der Waals surface area contributed by atoms with Crippen molar-refractivity contribution in [2.45, 2.75) is 12.5 Å². The predicted molar refractivity (Wildman–Crippen MR) is 56.2 cm³/mol. The number of carbonyl (C=O) groups excluding carboxylic acids is 1. The summed E-state index contributed by atoms with van der Waals surface area (Å²) in [5.74, 6) is -1.70. The number of nitrogens with one attached hydrogen (secondary N) is 1. The normalized spacial score (nSPS) is 19.7. The maximum absolute atomic E-state index is 12.7. The Hall–Kier alpha value is -1.95. The summed E-state index contributed by atoms with van der Waals surface area (Å²) in [4.78, 5) is 22.0. The van der Waals surface area contributed by atoms with Gasteiger partial charge in [0.25, 0.3) is 0 Å². The molecule has 1 unspecified atom stereocenters. The molecule has 1 atom stereocenters. The third-order valence-corrected chi connectivity index (χ3v) is 2.56. The van der Waals surface area contributed by atoms with Crippen molar-refractivity contribution < 1.29 is 19.1 Å². The second-order valence-electron chi connectivity index (χ2n) is 3.81. The van der Waals surface area contributed by atoms with Crippen LogP contribution in [0.1, 0.15) is 18.0 Å². The molecule has 1 amide bonds. The molecule has 1 fully saturated rings. The molecule has 0 aromatic heterocycles. The van der Waals surface area contributed by atoms with Crippen molar-refractivity contribution in [3.05, 3.63) is 35.6 Å². The molecular weight excluding hydrogens is 227 g/mol. The number of hydrogen-bond donors (Lipinski definition) is 2. The third kappa shape index (κ3) is 2.59. The second-order valence-corrected chi connectivity index (χ2v) is 3.81. The van der Waals surface area contributed by atoms with E-state index in [0.29, 0.717) is 0 Å². The van der Waals surface area contributed by atoms with Gasteiger partial charge in [-0.2, -0.15) is 0 Å². The number of carbonyl (C=O) groups is 2. The van der Waals surface area contributed by atoms with E-state index < -0.39 is 5.97 Å². The van der Waals surface area contributed by atoms with Gasteiger partial charge in [0.2, 0.25) is 5.91 Å². The average molecular weight is 238 g/mol. The zero-order chi connectivity index (χ0) is 12.4. The number of hydrogen-bond acceptors (Lipinski definition) is 3. The van der Waals surface area contributed by atoms with Crippen molar-refractivity contribution in [2.24, 2.45) is 0 Å². The summed E-state index contributed by atoms with van der Waals surface area (Å²) in [7, 11) is 0. The van der Waals surface area contributed by atoms with Crippen LogP contribution in [0.3, 0.4) is 0 Å². The smallest absolute Gasteiger partial charge is 0.324 e. The highest BCUT2D eigenvalue weighted by atomic mass is 19.1. The Labute approximate surface area is 96.8 Å². The lowest BCUT2D eigenvalue weighted by Gasteiger charge is -2.15. The van der Waals surface area contributed by atoms with Gasteiger partial charge >= 0.3 is 5.97 Å². The number of nitrogens with zero attached hydrogens (tertiary/aromatic N) is 1. The molecule has 0 saturated carbocycles. The molecule has 1 heterocycles. The Morgan fingerprint density at radius 2 is 2.12 bits per heavy atom. The Kier molecular flexibility index (Phi) is 3.06. The van der Waals surface area contributed by atoms with E-state index in [4.69, 9.17) is 5.11 Å². The molecule has 5 nitrogen and oxygen atoms in total. The lowest BCUT2D eigenvalue weighted by Crippen LogP contribution is -2.39. The van der Waals surface area contributed by atoms with Crippen molar-refractivity contribution in [2.75, 3.05) is 6.54 Å². The first-order valence-corrected chi connectivity index (χ1v) is 5.10. The molecule has 0 radical (unpaired) electrons. The van der Waals surface area contributed by atoms with Crippen LogP contribution in [0.15, 0.2) is 24.3 Å². The number of carboxylic acid groups (broad SMARTS) is 1. The molecule has 2 N–H and O–H groups in total. The van der Waals surface area contributed by atoms with Crippen molar-refractivity contribution >= 4 is 11.9 Å². The Balaban J connectivity index is 2.08.